The van der Waals surface area contributed by atoms with E-state index >= 15 is 0 Å². The summed E-state index contributed by atoms with van der Waals surface area (Å²) in [4.78, 5) is 12.5. The Morgan fingerprint density at radius 3 is 2.29 bits per heavy atom. The highest BCUT2D eigenvalue weighted by atomic mass is 32.2. The summed E-state index contributed by atoms with van der Waals surface area (Å²) in [7, 11) is 0. The topological polar surface area (TPSA) is 29.1 Å². The Kier molecular flexibility index (Phi) is 6.50. The molecule has 2 nitrogen and oxygen atoms in total. The maximum atomic E-state index is 12.5. The van der Waals surface area contributed by atoms with Crippen LogP contribution in [0.2, 0.25) is 0 Å². The minimum atomic E-state index is -0.0699. The predicted octanol–water partition coefficient (Wildman–Crippen LogP) is 5.11. The van der Waals surface area contributed by atoms with Gasteiger partial charge >= 0.3 is 0 Å². The van der Waals surface area contributed by atoms with Gasteiger partial charge in [0.05, 0.1) is 11.3 Å². The molecule has 0 heterocycles. The molecule has 2 rings (SSSR count). The zero-order valence-electron chi connectivity index (χ0n) is 15.2. The molecule has 1 amide bonds. The molecular formula is C21H27NOS. The zero-order chi connectivity index (χ0) is 17.7. The second kappa shape index (κ2) is 8.39. The third-order valence-electron chi connectivity index (χ3n) is 4.42. The Labute approximate surface area is 150 Å². The summed E-state index contributed by atoms with van der Waals surface area (Å²) in [6.07, 6.45) is 0. The average Bonchev–Trinajstić information content (AvgIpc) is 2.56. The summed E-state index contributed by atoms with van der Waals surface area (Å²) in [5.41, 5.74) is 6.24. The Balaban J connectivity index is 1.94. The molecule has 0 aromatic heterocycles. The number of carbonyl (C=O) groups excluding carboxylic acids is 1. The van der Waals surface area contributed by atoms with E-state index in [1.807, 2.05) is 25.1 Å². The smallest absolute Gasteiger partial charge is 0.233 e. The molecule has 2 atom stereocenters. The molecule has 24 heavy (non-hydrogen) atoms. The van der Waals surface area contributed by atoms with Crippen LogP contribution in [0.25, 0.3) is 0 Å². The molecule has 0 aliphatic carbocycles. The van der Waals surface area contributed by atoms with E-state index in [1.165, 1.54) is 27.8 Å². The molecule has 1 N–H and O–H groups in total. The van der Waals surface area contributed by atoms with Crippen LogP contribution in [0.1, 0.15) is 47.7 Å². The van der Waals surface area contributed by atoms with Crippen molar-refractivity contribution in [3.63, 3.8) is 0 Å². The molecule has 0 saturated carbocycles. The number of carbonyl (C=O) groups is 1. The summed E-state index contributed by atoms with van der Waals surface area (Å²) in [6, 6.07) is 14.7. The van der Waals surface area contributed by atoms with Crippen LogP contribution in [0.3, 0.4) is 0 Å². The molecule has 0 radical (unpaired) electrons. The van der Waals surface area contributed by atoms with Gasteiger partial charge in [0.2, 0.25) is 5.91 Å². The number of thioether (sulfide) groups is 1. The first-order valence-corrected chi connectivity index (χ1v) is 9.47. The monoisotopic (exact) mass is 341 g/mol. The lowest BCUT2D eigenvalue weighted by Gasteiger charge is -2.20. The molecule has 0 unspecified atom stereocenters. The molecule has 0 fully saturated rings. The van der Waals surface area contributed by atoms with E-state index in [-0.39, 0.29) is 17.2 Å². The maximum absolute atomic E-state index is 12.5. The van der Waals surface area contributed by atoms with Crippen LogP contribution in [-0.2, 0) is 10.5 Å². The van der Waals surface area contributed by atoms with Gasteiger partial charge in [0.15, 0.2) is 0 Å². The number of aryl methyl sites for hydroxylation is 3. The standard InChI is InChI=1S/C21H27NOS/c1-14-11-16(3)20(12-15(14)2)17(4)22-21(23)18(5)24-13-19-9-7-6-8-10-19/h6-12,17-18H,13H2,1-5H3,(H,22,23)/t17-,18+/m1/s1. The second-order valence-electron chi connectivity index (χ2n) is 6.46. The molecule has 0 spiro atoms. The summed E-state index contributed by atoms with van der Waals surface area (Å²) >= 11 is 1.67. The minimum absolute atomic E-state index is 0.0246. The number of hydrogen-bond acceptors (Lipinski definition) is 2. The quantitative estimate of drug-likeness (QED) is 0.791. The number of rotatable bonds is 6. The second-order valence-corrected chi connectivity index (χ2v) is 7.79. The number of hydrogen-bond donors (Lipinski definition) is 1. The third-order valence-corrected chi connectivity index (χ3v) is 5.63. The maximum Gasteiger partial charge on any atom is 0.233 e. The molecule has 0 saturated heterocycles. The van der Waals surface area contributed by atoms with Gasteiger partial charge in [-0.3, -0.25) is 4.79 Å². The highest BCUT2D eigenvalue weighted by Gasteiger charge is 2.18. The fourth-order valence-electron chi connectivity index (χ4n) is 2.73. The van der Waals surface area contributed by atoms with Crippen molar-refractivity contribution in [3.8, 4) is 0 Å². The van der Waals surface area contributed by atoms with Crippen molar-refractivity contribution in [3.05, 3.63) is 70.3 Å². The summed E-state index contributed by atoms with van der Waals surface area (Å²) in [5, 5.41) is 3.09. The molecule has 128 valence electrons. The molecule has 3 heteroatoms. The Morgan fingerprint density at radius 2 is 1.62 bits per heavy atom. The third kappa shape index (κ3) is 4.88. The molecule has 2 aromatic carbocycles. The van der Waals surface area contributed by atoms with Crippen LogP contribution >= 0.6 is 11.8 Å². The van der Waals surface area contributed by atoms with Crippen molar-refractivity contribution >= 4 is 17.7 Å². The van der Waals surface area contributed by atoms with Crippen LogP contribution in [0.15, 0.2) is 42.5 Å². The van der Waals surface area contributed by atoms with E-state index in [9.17, 15) is 4.79 Å². The van der Waals surface area contributed by atoms with Crippen molar-refractivity contribution in [1.82, 2.24) is 5.32 Å². The zero-order valence-corrected chi connectivity index (χ0v) is 16.0. The molecule has 0 aliphatic heterocycles. The molecular weight excluding hydrogens is 314 g/mol. The van der Waals surface area contributed by atoms with Crippen molar-refractivity contribution in [2.45, 2.75) is 51.7 Å². The number of benzene rings is 2. The Bertz CT molecular complexity index is 696. The lowest BCUT2D eigenvalue weighted by Crippen LogP contribution is -2.33. The normalized spacial score (nSPS) is 13.4. The van der Waals surface area contributed by atoms with Gasteiger partial charge in [-0.05, 0) is 62.4 Å². The van der Waals surface area contributed by atoms with Crippen molar-refractivity contribution in [1.29, 1.82) is 0 Å². The fraction of sp³-hybridized carbons (Fsp3) is 0.381. The Hall–Kier alpha value is -1.74. The first-order valence-electron chi connectivity index (χ1n) is 8.42. The van der Waals surface area contributed by atoms with Gasteiger partial charge in [-0.25, -0.2) is 0 Å². The van der Waals surface area contributed by atoms with Gasteiger partial charge in [0.1, 0.15) is 0 Å². The average molecular weight is 342 g/mol. The van der Waals surface area contributed by atoms with Crippen LogP contribution in [0.4, 0.5) is 0 Å². The van der Waals surface area contributed by atoms with Gasteiger partial charge in [-0.1, -0.05) is 42.5 Å². The lowest BCUT2D eigenvalue weighted by molar-refractivity contribution is -0.120. The molecule has 0 bridgehead atoms. The van der Waals surface area contributed by atoms with Gasteiger partial charge in [0, 0.05) is 5.75 Å². The van der Waals surface area contributed by atoms with E-state index in [1.54, 1.807) is 11.8 Å². The number of nitrogens with one attached hydrogen (secondary N) is 1. The molecule has 2 aromatic rings. The van der Waals surface area contributed by atoms with Gasteiger partial charge in [-0.15, -0.1) is 11.8 Å². The van der Waals surface area contributed by atoms with Crippen LogP contribution in [0.5, 0.6) is 0 Å². The lowest BCUT2D eigenvalue weighted by atomic mass is 9.96. The van der Waals surface area contributed by atoms with E-state index < -0.39 is 0 Å². The number of amides is 1. The first-order chi connectivity index (χ1) is 11.4. The van der Waals surface area contributed by atoms with Gasteiger partial charge in [-0.2, -0.15) is 0 Å². The van der Waals surface area contributed by atoms with Gasteiger partial charge < -0.3 is 5.32 Å². The highest BCUT2D eigenvalue weighted by molar-refractivity contribution is 7.99. The van der Waals surface area contributed by atoms with Crippen LogP contribution in [0, 0.1) is 20.8 Å². The summed E-state index contributed by atoms with van der Waals surface area (Å²) < 4.78 is 0. The largest absolute Gasteiger partial charge is 0.349 e. The fourth-order valence-corrected chi connectivity index (χ4v) is 3.58. The summed E-state index contributed by atoms with van der Waals surface area (Å²) in [6.45, 7) is 10.4. The highest BCUT2D eigenvalue weighted by Crippen LogP contribution is 2.23. The van der Waals surface area contributed by atoms with Crippen molar-refractivity contribution in [2.24, 2.45) is 0 Å². The van der Waals surface area contributed by atoms with Crippen LogP contribution in [-0.4, -0.2) is 11.2 Å². The Morgan fingerprint density at radius 1 is 1.00 bits per heavy atom. The van der Waals surface area contributed by atoms with E-state index in [0.717, 1.165) is 5.75 Å². The van der Waals surface area contributed by atoms with Crippen molar-refractivity contribution in [2.75, 3.05) is 0 Å². The summed E-state index contributed by atoms with van der Waals surface area (Å²) in [5.74, 6) is 0.952. The van der Waals surface area contributed by atoms with Gasteiger partial charge in [0.25, 0.3) is 0 Å². The van der Waals surface area contributed by atoms with E-state index in [0.29, 0.717) is 0 Å². The van der Waals surface area contributed by atoms with E-state index in [4.69, 9.17) is 0 Å². The first kappa shape index (κ1) is 18.6. The van der Waals surface area contributed by atoms with E-state index in [2.05, 4.69) is 57.3 Å². The van der Waals surface area contributed by atoms with Crippen LogP contribution < -0.4 is 5.32 Å². The molecule has 0 aliphatic rings. The predicted molar refractivity (Wildman–Crippen MR) is 104 cm³/mol. The minimum Gasteiger partial charge on any atom is -0.349 e. The SMILES string of the molecule is Cc1cc(C)c([C@@H](C)NC(=O)[C@H](C)SCc2ccccc2)cc1C. The van der Waals surface area contributed by atoms with Crippen molar-refractivity contribution < 1.29 is 4.79 Å².